The maximum absolute atomic E-state index is 5.92. The molecule has 4 heterocycles. The van der Waals surface area contributed by atoms with Crippen molar-refractivity contribution >= 4 is 32.7 Å². The Balaban J connectivity index is 1.21. The van der Waals surface area contributed by atoms with Crippen LogP contribution >= 0.6 is 11.3 Å². The molecule has 1 fully saturated rings. The molecular weight excluding hydrogens is 388 g/mol. The van der Waals surface area contributed by atoms with Crippen molar-refractivity contribution in [2.24, 2.45) is 0 Å². The summed E-state index contributed by atoms with van der Waals surface area (Å²) in [7, 11) is 0. The number of aromatic nitrogens is 2. The van der Waals surface area contributed by atoms with Gasteiger partial charge < -0.3 is 19.2 Å². The zero-order valence-electron chi connectivity index (χ0n) is 16.0. The SMILES string of the molecule is c1cnc2nc(Oc3ccc4c(CNCCN5CCOCC5)coc4c3)sc2c1. The van der Waals surface area contributed by atoms with E-state index < -0.39 is 0 Å². The second-order valence-electron chi connectivity index (χ2n) is 6.96. The van der Waals surface area contributed by atoms with E-state index in [1.807, 2.05) is 36.6 Å². The van der Waals surface area contributed by atoms with Crippen molar-refractivity contribution < 1.29 is 13.9 Å². The van der Waals surface area contributed by atoms with Gasteiger partial charge in [-0.05, 0) is 24.3 Å². The zero-order valence-corrected chi connectivity index (χ0v) is 16.8. The van der Waals surface area contributed by atoms with Gasteiger partial charge in [-0.2, -0.15) is 4.98 Å². The van der Waals surface area contributed by atoms with Gasteiger partial charge in [-0.1, -0.05) is 11.3 Å². The predicted octanol–water partition coefficient (Wildman–Crippen LogP) is 3.65. The summed E-state index contributed by atoms with van der Waals surface area (Å²) in [5.74, 6) is 0.706. The monoisotopic (exact) mass is 410 g/mol. The van der Waals surface area contributed by atoms with E-state index in [1.54, 1.807) is 6.20 Å². The van der Waals surface area contributed by atoms with Gasteiger partial charge >= 0.3 is 0 Å². The summed E-state index contributed by atoms with van der Waals surface area (Å²) in [5.41, 5.74) is 2.67. The third-order valence-corrected chi connectivity index (χ3v) is 5.89. The summed E-state index contributed by atoms with van der Waals surface area (Å²) in [5, 5.41) is 5.19. The quantitative estimate of drug-likeness (QED) is 0.466. The Bertz CT molecular complexity index is 1070. The molecule has 0 atom stereocenters. The minimum atomic E-state index is 0.578. The van der Waals surface area contributed by atoms with Crippen LogP contribution in [0.15, 0.2) is 47.2 Å². The molecule has 0 amide bonds. The van der Waals surface area contributed by atoms with Crippen molar-refractivity contribution in [2.75, 3.05) is 39.4 Å². The molecule has 3 aromatic heterocycles. The first-order valence-corrected chi connectivity index (χ1v) is 10.6. The van der Waals surface area contributed by atoms with Gasteiger partial charge in [-0.3, -0.25) is 4.90 Å². The van der Waals surface area contributed by atoms with E-state index in [-0.39, 0.29) is 0 Å². The summed E-state index contributed by atoms with van der Waals surface area (Å²) in [6.07, 6.45) is 3.55. The van der Waals surface area contributed by atoms with E-state index in [0.29, 0.717) is 16.6 Å². The molecule has 7 nitrogen and oxygen atoms in total. The number of thiazole rings is 1. The van der Waals surface area contributed by atoms with Gasteiger partial charge in [0.05, 0.1) is 24.2 Å². The molecule has 29 heavy (non-hydrogen) atoms. The van der Waals surface area contributed by atoms with Gasteiger partial charge in [0.15, 0.2) is 5.65 Å². The molecule has 0 unspecified atom stereocenters. The van der Waals surface area contributed by atoms with Crippen LogP contribution in [0.1, 0.15) is 5.56 Å². The fourth-order valence-electron chi connectivity index (χ4n) is 3.44. The standard InChI is InChI=1S/C21H22N4O3S/c1-2-19-20(23-5-1)24-21(29-19)28-16-3-4-17-15(14-27-18(17)12-16)13-22-6-7-25-8-10-26-11-9-25/h1-5,12,14,22H,6-11,13H2. The normalized spacial score (nSPS) is 15.3. The predicted molar refractivity (Wildman–Crippen MR) is 113 cm³/mol. The average molecular weight is 410 g/mol. The highest BCUT2D eigenvalue weighted by Crippen LogP contribution is 2.32. The molecule has 1 aromatic carbocycles. The summed E-state index contributed by atoms with van der Waals surface area (Å²) in [6.45, 7) is 6.47. The molecule has 1 N–H and O–H groups in total. The van der Waals surface area contributed by atoms with Crippen LogP contribution in [-0.2, 0) is 11.3 Å². The molecule has 5 rings (SSSR count). The van der Waals surface area contributed by atoms with Crippen LogP contribution in [0.25, 0.3) is 21.3 Å². The van der Waals surface area contributed by atoms with E-state index in [0.717, 1.165) is 67.2 Å². The number of fused-ring (bicyclic) bond motifs is 2. The highest BCUT2D eigenvalue weighted by atomic mass is 32.1. The minimum absolute atomic E-state index is 0.578. The van der Waals surface area contributed by atoms with Gasteiger partial charge in [-0.15, -0.1) is 0 Å². The van der Waals surface area contributed by atoms with Crippen molar-refractivity contribution in [3.05, 3.63) is 48.4 Å². The second kappa shape index (κ2) is 8.46. The maximum Gasteiger partial charge on any atom is 0.281 e. The number of ether oxygens (including phenoxy) is 2. The van der Waals surface area contributed by atoms with Crippen LogP contribution in [0.5, 0.6) is 10.9 Å². The molecule has 4 aromatic rings. The first-order chi connectivity index (χ1) is 14.3. The number of benzene rings is 1. The molecule has 8 heteroatoms. The number of furan rings is 1. The van der Waals surface area contributed by atoms with Crippen molar-refractivity contribution in [3.8, 4) is 10.9 Å². The second-order valence-corrected chi connectivity index (χ2v) is 7.95. The fourth-order valence-corrected chi connectivity index (χ4v) is 4.24. The Labute approximate surface area is 172 Å². The van der Waals surface area contributed by atoms with Crippen LogP contribution in [0.4, 0.5) is 0 Å². The van der Waals surface area contributed by atoms with Gasteiger partial charge in [-0.25, -0.2) is 4.98 Å². The molecule has 1 aliphatic heterocycles. The van der Waals surface area contributed by atoms with E-state index in [9.17, 15) is 0 Å². The van der Waals surface area contributed by atoms with Crippen LogP contribution < -0.4 is 10.1 Å². The number of nitrogens with zero attached hydrogens (tertiary/aromatic N) is 3. The lowest BCUT2D eigenvalue weighted by Gasteiger charge is -2.26. The van der Waals surface area contributed by atoms with Crippen LogP contribution in [0.3, 0.4) is 0 Å². The van der Waals surface area contributed by atoms with E-state index in [2.05, 4.69) is 20.2 Å². The molecule has 1 aliphatic rings. The number of pyridine rings is 1. The Morgan fingerprint density at radius 2 is 2.14 bits per heavy atom. The van der Waals surface area contributed by atoms with Crippen LogP contribution in [-0.4, -0.2) is 54.3 Å². The molecule has 0 bridgehead atoms. The van der Waals surface area contributed by atoms with Crippen LogP contribution in [0, 0.1) is 0 Å². The third kappa shape index (κ3) is 4.25. The lowest BCUT2D eigenvalue weighted by atomic mass is 10.1. The van der Waals surface area contributed by atoms with Crippen molar-refractivity contribution in [2.45, 2.75) is 6.54 Å². The number of nitrogens with one attached hydrogen (secondary N) is 1. The molecule has 0 radical (unpaired) electrons. The van der Waals surface area contributed by atoms with E-state index >= 15 is 0 Å². The van der Waals surface area contributed by atoms with Gasteiger partial charge in [0, 0.05) is 55.9 Å². The first-order valence-electron chi connectivity index (χ1n) is 9.75. The Hall–Kier alpha value is -2.52. The van der Waals surface area contributed by atoms with Crippen molar-refractivity contribution in [1.82, 2.24) is 20.2 Å². The molecule has 150 valence electrons. The average Bonchev–Trinajstić information content (AvgIpc) is 3.35. The molecule has 0 spiro atoms. The third-order valence-electron chi connectivity index (χ3n) is 5.00. The highest BCUT2D eigenvalue weighted by Gasteiger charge is 2.12. The van der Waals surface area contributed by atoms with E-state index in [4.69, 9.17) is 13.9 Å². The largest absolute Gasteiger partial charge is 0.464 e. The fraction of sp³-hybridized carbons (Fsp3) is 0.333. The van der Waals surface area contributed by atoms with Gasteiger partial charge in [0.1, 0.15) is 11.3 Å². The Morgan fingerprint density at radius 1 is 1.21 bits per heavy atom. The Morgan fingerprint density at radius 3 is 3.03 bits per heavy atom. The zero-order chi connectivity index (χ0) is 19.5. The van der Waals surface area contributed by atoms with E-state index in [1.165, 1.54) is 11.3 Å². The molecule has 0 aliphatic carbocycles. The summed E-state index contributed by atoms with van der Waals surface area (Å²) in [6, 6.07) is 9.79. The van der Waals surface area contributed by atoms with Gasteiger partial charge in [0.25, 0.3) is 5.19 Å². The number of rotatable bonds is 7. The number of hydrogen-bond acceptors (Lipinski definition) is 8. The highest BCUT2D eigenvalue weighted by molar-refractivity contribution is 7.20. The maximum atomic E-state index is 5.92. The lowest BCUT2D eigenvalue weighted by molar-refractivity contribution is 0.0384. The smallest absolute Gasteiger partial charge is 0.281 e. The Kier molecular flexibility index (Phi) is 5.40. The first kappa shape index (κ1) is 18.5. The lowest BCUT2D eigenvalue weighted by Crippen LogP contribution is -2.40. The molecule has 0 saturated carbocycles. The number of morpholine rings is 1. The van der Waals surface area contributed by atoms with Crippen LogP contribution in [0.2, 0.25) is 0 Å². The van der Waals surface area contributed by atoms with Crippen molar-refractivity contribution in [1.29, 1.82) is 0 Å². The summed E-state index contributed by atoms with van der Waals surface area (Å²) in [4.78, 5) is 11.1. The van der Waals surface area contributed by atoms with Gasteiger partial charge in [0.2, 0.25) is 0 Å². The molecule has 1 saturated heterocycles. The topological polar surface area (TPSA) is 72.7 Å². The molecular formula is C21H22N4O3S. The summed E-state index contributed by atoms with van der Waals surface area (Å²) < 4.78 is 18.1. The van der Waals surface area contributed by atoms with Crippen molar-refractivity contribution in [3.63, 3.8) is 0 Å². The number of hydrogen-bond donors (Lipinski definition) is 1. The summed E-state index contributed by atoms with van der Waals surface area (Å²) >= 11 is 1.48. The minimum Gasteiger partial charge on any atom is -0.464 e.